The molecule has 1 amide bonds. The zero-order valence-corrected chi connectivity index (χ0v) is 15.7. The summed E-state index contributed by atoms with van der Waals surface area (Å²) in [6.07, 6.45) is 1.33. The predicted octanol–water partition coefficient (Wildman–Crippen LogP) is 1.99. The van der Waals surface area contributed by atoms with Gasteiger partial charge in [0.2, 0.25) is 10.0 Å². The van der Waals surface area contributed by atoms with Crippen LogP contribution >= 0.6 is 0 Å². The number of para-hydroxylation sites is 1. The van der Waals surface area contributed by atoms with Crippen LogP contribution in [0.4, 0.5) is 4.39 Å². The van der Waals surface area contributed by atoms with E-state index in [1.54, 1.807) is 18.2 Å². The van der Waals surface area contributed by atoms with E-state index in [0.29, 0.717) is 30.3 Å². The third-order valence-corrected chi connectivity index (χ3v) is 5.43. The fourth-order valence-electron chi connectivity index (χ4n) is 2.65. The largest absolute Gasteiger partial charge is 0.486 e. The maximum Gasteiger partial charge on any atom is 0.251 e. The van der Waals surface area contributed by atoms with Gasteiger partial charge in [0.15, 0.2) is 11.5 Å². The molecular formula is C19H19FN2O5S. The average Bonchev–Trinajstić information content (AvgIpc) is 2.70. The van der Waals surface area contributed by atoms with E-state index in [1.165, 1.54) is 12.1 Å². The number of hydrogen-bond acceptors (Lipinski definition) is 5. The molecule has 28 heavy (non-hydrogen) atoms. The number of halogens is 1. The predicted molar refractivity (Wildman–Crippen MR) is 100 cm³/mol. The third kappa shape index (κ3) is 4.32. The fourth-order valence-corrected chi connectivity index (χ4v) is 3.75. The van der Waals surface area contributed by atoms with E-state index in [2.05, 4.69) is 16.6 Å². The van der Waals surface area contributed by atoms with Crippen molar-refractivity contribution >= 4 is 15.9 Å². The molecule has 0 radical (unpaired) electrons. The molecule has 2 N–H and O–H groups in total. The van der Waals surface area contributed by atoms with Crippen molar-refractivity contribution in [3.8, 4) is 11.5 Å². The van der Waals surface area contributed by atoms with E-state index in [1.807, 2.05) is 0 Å². The molecule has 3 rings (SSSR count). The lowest BCUT2D eigenvalue weighted by Crippen LogP contribution is -2.27. The standard InChI is InChI=1S/C19H19FN2O5S/c1-2-8-22-28(24,25)17-11-13(6-7-15(17)20)19(23)21-12-14-4-3-5-16-18(14)27-10-9-26-16/h2-7,11,22H,1,8-10,12H2,(H,21,23). The number of rotatable bonds is 7. The van der Waals surface area contributed by atoms with E-state index in [4.69, 9.17) is 9.47 Å². The molecule has 9 heteroatoms. The van der Waals surface area contributed by atoms with Crippen LogP contribution in [0.15, 0.2) is 53.9 Å². The second-order valence-electron chi connectivity index (χ2n) is 5.91. The number of carbonyl (C=O) groups is 1. The van der Waals surface area contributed by atoms with Gasteiger partial charge in [0.1, 0.15) is 23.9 Å². The molecule has 0 aromatic heterocycles. The number of ether oxygens (including phenoxy) is 2. The second-order valence-corrected chi connectivity index (χ2v) is 7.65. The number of fused-ring (bicyclic) bond motifs is 1. The van der Waals surface area contributed by atoms with Crippen molar-refractivity contribution in [3.63, 3.8) is 0 Å². The number of carbonyl (C=O) groups excluding carboxylic acids is 1. The molecule has 0 atom stereocenters. The Kier molecular flexibility index (Phi) is 5.96. The molecule has 0 fully saturated rings. The van der Waals surface area contributed by atoms with Crippen LogP contribution in [0.5, 0.6) is 11.5 Å². The van der Waals surface area contributed by atoms with Crippen molar-refractivity contribution in [2.75, 3.05) is 19.8 Å². The van der Waals surface area contributed by atoms with Gasteiger partial charge in [-0.15, -0.1) is 6.58 Å². The molecule has 0 saturated carbocycles. The van der Waals surface area contributed by atoms with Gasteiger partial charge in [-0.25, -0.2) is 17.5 Å². The van der Waals surface area contributed by atoms with E-state index >= 15 is 0 Å². The highest BCUT2D eigenvalue weighted by Gasteiger charge is 2.21. The van der Waals surface area contributed by atoms with Crippen LogP contribution in [-0.4, -0.2) is 34.1 Å². The molecule has 2 aromatic rings. The minimum atomic E-state index is -4.10. The van der Waals surface area contributed by atoms with Gasteiger partial charge in [-0.05, 0) is 24.3 Å². The number of benzene rings is 2. The number of sulfonamides is 1. The highest BCUT2D eigenvalue weighted by atomic mass is 32.2. The van der Waals surface area contributed by atoms with Crippen LogP contribution in [0.1, 0.15) is 15.9 Å². The van der Waals surface area contributed by atoms with Crippen LogP contribution in [-0.2, 0) is 16.6 Å². The molecule has 2 aromatic carbocycles. The van der Waals surface area contributed by atoms with Gasteiger partial charge in [0, 0.05) is 24.2 Å². The van der Waals surface area contributed by atoms with E-state index < -0.39 is 26.6 Å². The molecular weight excluding hydrogens is 387 g/mol. The van der Waals surface area contributed by atoms with Gasteiger partial charge >= 0.3 is 0 Å². The van der Waals surface area contributed by atoms with Gasteiger partial charge in [-0.1, -0.05) is 18.2 Å². The lowest BCUT2D eigenvalue weighted by molar-refractivity contribution is 0.0949. The maximum atomic E-state index is 14.0. The van der Waals surface area contributed by atoms with Gasteiger partial charge in [-0.2, -0.15) is 0 Å². The van der Waals surface area contributed by atoms with Crippen LogP contribution in [0.3, 0.4) is 0 Å². The second kappa shape index (κ2) is 8.41. The molecule has 0 saturated heterocycles. The summed E-state index contributed by atoms with van der Waals surface area (Å²) in [5, 5.41) is 2.68. The third-order valence-electron chi connectivity index (χ3n) is 3.99. The van der Waals surface area contributed by atoms with E-state index in [-0.39, 0.29) is 18.7 Å². The van der Waals surface area contributed by atoms with Crippen molar-refractivity contribution in [2.45, 2.75) is 11.4 Å². The summed E-state index contributed by atoms with van der Waals surface area (Å²) >= 11 is 0. The minimum absolute atomic E-state index is 0.0161. The normalized spacial score (nSPS) is 13.0. The first-order valence-corrected chi connectivity index (χ1v) is 9.96. The maximum absolute atomic E-state index is 14.0. The molecule has 148 valence electrons. The molecule has 0 aliphatic carbocycles. The van der Waals surface area contributed by atoms with E-state index in [9.17, 15) is 17.6 Å². The van der Waals surface area contributed by atoms with Gasteiger partial charge < -0.3 is 14.8 Å². The number of hydrogen-bond donors (Lipinski definition) is 2. The molecule has 0 bridgehead atoms. The Morgan fingerprint density at radius 1 is 1.21 bits per heavy atom. The first kappa shape index (κ1) is 19.8. The SMILES string of the molecule is C=CCNS(=O)(=O)c1cc(C(=O)NCc2cccc3c2OCCO3)ccc1F. The summed E-state index contributed by atoms with van der Waals surface area (Å²) in [5.41, 5.74) is 0.732. The summed E-state index contributed by atoms with van der Waals surface area (Å²) in [6.45, 7) is 4.35. The Hall–Kier alpha value is -2.91. The Morgan fingerprint density at radius 2 is 2.00 bits per heavy atom. The quantitative estimate of drug-likeness (QED) is 0.686. The van der Waals surface area contributed by atoms with Crippen LogP contribution in [0.2, 0.25) is 0 Å². The van der Waals surface area contributed by atoms with Crippen molar-refractivity contribution in [1.82, 2.24) is 10.0 Å². The summed E-state index contributed by atoms with van der Waals surface area (Å²) in [4.78, 5) is 11.9. The lowest BCUT2D eigenvalue weighted by Gasteiger charge is -2.21. The molecule has 7 nitrogen and oxygen atoms in total. The van der Waals surface area contributed by atoms with Gasteiger partial charge in [-0.3, -0.25) is 4.79 Å². The smallest absolute Gasteiger partial charge is 0.251 e. The molecule has 1 heterocycles. The number of amides is 1. The monoisotopic (exact) mass is 406 g/mol. The Bertz CT molecular complexity index is 1010. The first-order chi connectivity index (χ1) is 13.4. The van der Waals surface area contributed by atoms with Crippen molar-refractivity contribution in [1.29, 1.82) is 0 Å². The average molecular weight is 406 g/mol. The minimum Gasteiger partial charge on any atom is -0.486 e. The summed E-state index contributed by atoms with van der Waals surface area (Å²) in [7, 11) is -4.10. The fraction of sp³-hybridized carbons (Fsp3) is 0.211. The Balaban J connectivity index is 1.77. The van der Waals surface area contributed by atoms with Crippen LogP contribution < -0.4 is 19.5 Å². The molecule has 0 spiro atoms. The molecule has 1 aliphatic rings. The summed E-state index contributed by atoms with van der Waals surface area (Å²) in [6, 6.07) is 8.50. The highest BCUT2D eigenvalue weighted by Crippen LogP contribution is 2.33. The van der Waals surface area contributed by atoms with Crippen molar-refractivity contribution in [2.24, 2.45) is 0 Å². The topological polar surface area (TPSA) is 93.7 Å². The lowest BCUT2D eigenvalue weighted by atomic mass is 10.1. The van der Waals surface area contributed by atoms with Crippen molar-refractivity contribution in [3.05, 3.63) is 66.0 Å². The first-order valence-electron chi connectivity index (χ1n) is 8.48. The zero-order valence-electron chi connectivity index (χ0n) is 14.9. The Morgan fingerprint density at radius 3 is 2.79 bits per heavy atom. The number of nitrogens with one attached hydrogen (secondary N) is 2. The summed E-state index contributed by atoms with van der Waals surface area (Å²) in [5.74, 6) is -0.336. The van der Waals surface area contributed by atoms with E-state index in [0.717, 1.165) is 12.1 Å². The zero-order chi connectivity index (χ0) is 20.1. The van der Waals surface area contributed by atoms with Gasteiger partial charge in [0.25, 0.3) is 5.91 Å². The van der Waals surface area contributed by atoms with Gasteiger partial charge in [0.05, 0.1) is 0 Å². The van der Waals surface area contributed by atoms with Crippen LogP contribution in [0.25, 0.3) is 0 Å². The highest BCUT2D eigenvalue weighted by molar-refractivity contribution is 7.89. The Labute approximate surface area is 162 Å². The van der Waals surface area contributed by atoms with Crippen molar-refractivity contribution < 1.29 is 27.1 Å². The summed E-state index contributed by atoms with van der Waals surface area (Å²) < 4.78 is 51.6. The van der Waals surface area contributed by atoms with Crippen LogP contribution in [0, 0.1) is 5.82 Å². The molecule has 1 aliphatic heterocycles. The molecule has 0 unspecified atom stereocenters.